The molecule has 25 heavy (non-hydrogen) atoms. The standard InChI is InChI=1S/C18H37N5O2/c1-7-15(4)21-18(20-13-17(24)22(5)6)19-12-16(14(2)3)23-8-10-25-11-9-23/h14-16H,7-13H2,1-6H3,(H2,19,20,21). The monoisotopic (exact) mass is 355 g/mol. The Morgan fingerprint density at radius 1 is 1.24 bits per heavy atom. The fourth-order valence-electron chi connectivity index (χ4n) is 2.67. The second kappa shape index (κ2) is 11.3. The zero-order valence-electron chi connectivity index (χ0n) is 16.8. The van der Waals surface area contributed by atoms with Crippen LogP contribution in [0.1, 0.15) is 34.1 Å². The molecule has 0 saturated carbocycles. The molecule has 0 spiro atoms. The Hall–Kier alpha value is -1.34. The van der Waals surface area contributed by atoms with E-state index in [1.165, 1.54) is 0 Å². The minimum absolute atomic E-state index is 0.00107. The van der Waals surface area contributed by atoms with Crippen molar-refractivity contribution < 1.29 is 9.53 Å². The first-order valence-electron chi connectivity index (χ1n) is 9.41. The van der Waals surface area contributed by atoms with E-state index in [1.807, 2.05) is 0 Å². The van der Waals surface area contributed by atoms with Crippen molar-refractivity contribution in [2.45, 2.75) is 46.2 Å². The first-order valence-corrected chi connectivity index (χ1v) is 9.41. The van der Waals surface area contributed by atoms with Crippen LogP contribution >= 0.6 is 0 Å². The number of likely N-dealkylation sites (N-methyl/N-ethyl adjacent to an activating group) is 1. The summed E-state index contributed by atoms with van der Waals surface area (Å²) in [5, 5.41) is 6.83. The van der Waals surface area contributed by atoms with Gasteiger partial charge in [-0.15, -0.1) is 0 Å². The number of carbonyl (C=O) groups excluding carboxylic acids is 1. The second-order valence-corrected chi connectivity index (χ2v) is 7.25. The summed E-state index contributed by atoms with van der Waals surface area (Å²) < 4.78 is 5.47. The minimum Gasteiger partial charge on any atom is -0.379 e. The Morgan fingerprint density at radius 2 is 1.88 bits per heavy atom. The van der Waals surface area contributed by atoms with Crippen LogP contribution in [0.3, 0.4) is 0 Å². The molecule has 1 rings (SSSR count). The Morgan fingerprint density at radius 3 is 2.40 bits per heavy atom. The smallest absolute Gasteiger partial charge is 0.243 e. The van der Waals surface area contributed by atoms with E-state index in [4.69, 9.17) is 4.74 Å². The molecule has 0 bridgehead atoms. The molecule has 1 fully saturated rings. The summed E-state index contributed by atoms with van der Waals surface area (Å²) in [5.74, 6) is 1.24. The van der Waals surface area contributed by atoms with E-state index in [1.54, 1.807) is 19.0 Å². The number of aliphatic imine (C=N–C) groups is 1. The van der Waals surface area contributed by atoms with Crippen LogP contribution in [0.25, 0.3) is 0 Å². The largest absolute Gasteiger partial charge is 0.379 e. The van der Waals surface area contributed by atoms with Gasteiger partial charge in [-0.25, -0.2) is 4.99 Å². The van der Waals surface area contributed by atoms with Crippen LogP contribution < -0.4 is 10.6 Å². The van der Waals surface area contributed by atoms with Gasteiger partial charge in [0.2, 0.25) is 5.91 Å². The van der Waals surface area contributed by atoms with Gasteiger partial charge in [0.05, 0.1) is 13.2 Å². The molecule has 1 aliphatic heterocycles. The molecule has 7 heteroatoms. The van der Waals surface area contributed by atoms with Crippen molar-refractivity contribution in [3.8, 4) is 0 Å². The van der Waals surface area contributed by atoms with Gasteiger partial charge < -0.3 is 20.3 Å². The van der Waals surface area contributed by atoms with E-state index in [-0.39, 0.29) is 12.5 Å². The summed E-state index contributed by atoms with van der Waals surface area (Å²) in [6, 6.07) is 0.721. The Balaban J connectivity index is 2.69. The van der Waals surface area contributed by atoms with E-state index < -0.39 is 0 Å². The average Bonchev–Trinajstić information content (AvgIpc) is 2.59. The van der Waals surface area contributed by atoms with Crippen molar-refractivity contribution in [3.63, 3.8) is 0 Å². The summed E-state index contributed by atoms with van der Waals surface area (Å²) >= 11 is 0. The molecule has 1 heterocycles. The third-order valence-electron chi connectivity index (χ3n) is 4.63. The average molecular weight is 356 g/mol. The first kappa shape index (κ1) is 21.7. The molecule has 1 saturated heterocycles. The fraction of sp³-hybridized carbons (Fsp3) is 0.889. The summed E-state index contributed by atoms with van der Waals surface area (Å²) in [6.45, 7) is 13.2. The van der Waals surface area contributed by atoms with Crippen LogP contribution in [-0.4, -0.2) is 87.2 Å². The van der Waals surface area contributed by atoms with E-state index in [9.17, 15) is 4.79 Å². The predicted molar refractivity (Wildman–Crippen MR) is 103 cm³/mol. The molecule has 146 valence electrons. The van der Waals surface area contributed by atoms with Gasteiger partial charge in [0, 0.05) is 45.8 Å². The van der Waals surface area contributed by atoms with Crippen molar-refractivity contribution in [2.75, 3.05) is 53.5 Å². The van der Waals surface area contributed by atoms with Gasteiger partial charge >= 0.3 is 0 Å². The number of nitrogens with one attached hydrogen (secondary N) is 2. The quantitative estimate of drug-likeness (QED) is 0.497. The molecule has 2 N–H and O–H groups in total. The number of hydrogen-bond donors (Lipinski definition) is 2. The number of carbonyl (C=O) groups is 1. The molecule has 0 aromatic carbocycles. The van der Waals surface area contributed by atoms with Crippen LogP contribution in [0.4, 0.5) is 0 Å². The van der Waals surface area contributed by atoms with E-state index in [0.717, 1.165) is 39.3 Å². The molecule has 0 aromatic heterocycles. The number of rotatable bonds is 8. The third-order valence-corrected chi connectivity index (χ3v) is 4.63. The van der Waals surface area contributed by atoms with Crippen LogP contribution in [0.15, 0.2) is 4.99 Å². The molecule has 7 nitrogen and oxygen atoms in total. The summed E-state index contributed by atoms with van der Waals surface area (Å²) in [4.78, 5) is 20.4. The van der Waals surface area contributed by atoms with E-state index in [0.29, 0.717) is 24.0 Å². The van der Waals surface area contributed by atoms with E-state index >= 15 is 0 Å². The molecule has 0 aromatic rings. The lowest BCUT2D eigenvalue weighted by Gasteiger charge is -2.37. The molecular weight excluding hydrogens is 318 g/mol. The normalized spacial score (nSPS) is 18.8. The van der Waals surface area contributed by atoms with Crippen molar-refractivity contribution >= 4 is 11.9 Å². The van der Waals surface area contributed by atoms with Gasteiger partial charge in [0.25, 0.3) is 0 Å². The van der Waals surface area contributed by atoms with Gasteiger partial charge in [0.15, 0.2) is 5.96 Å². The minimum atomic E-state index is -0.00107. The Bertz CT molecular complexity index is 420. The summed E-state index contributed by atoms with van der Waals surface area (Å²) in [6.07, 6.45) is 0.999. The van der Waals surface area contributed by atoms with Crippen LogP contribution in [0.5, 0.6) is 0 Å². The van der Waals surface area contributed by atoms with E-state index in [2.05, 4.69) is 48.2 Å². The molecule has 2 unspecified atom stereocenters. The zero-order chi connectivity index (χ0) is 18.8. The maximum Gasteiger partial charge on any atom is 0.243 e. The Kier molecular flexibility index (Phi) is 9.82. The highest BCUT2D eigenvalue weighted by atomic mass is 16.5. The number of amides is 1. The molecule has 0 aliphatic carbocycles. The summed E-state index contributed by atoms with van der Waals surface area (Å²) in [7, 11) is 3.50. The topological polar surface area (TPSA) is 69.2 Å². The van der Waals surface area contributed by atoms with Gasteiger partial charge in [-0.2, -0.15) is 0 Å². The van der Waals surface area contributed by atoms with Crippen molar-refractivity contribution in [1.29, 1.82) is 0 Å². The number of guanidine groups is 1. The number of nitrogens with zero attached hydrogens (tertiary/aromatic N) is 3. The molecule has 1 aliphatic rings. The molecule has 1 amide bonds. The van der Waals surface area contributed by atoms with Crippen LogP contribution in [-0.2, 0) is 9.53 Å². The molecule has 0 radical (unpaired) electrons. The van der Waals surface area contributed by atoms with Crippen LogP contribution in [0, 0.1) is 5.92 Å². The lowest BCUT2D eigenvalue weighted by molar-refractivity contribution is -0.127. The number of hydrogen-bond acceptors (Lipinski definition) is 4. The second-order valence-electron chi connectivity index (χ2n) is 7.25. The third kappa shape index (κ3) is 8.05. The summed E-state index contributed by atoms with van der Waals surface area (Å²) in [5.41, 5.74) is 0. The fourth-order valence-corrected chi connectivity index (χ4v) is 2.67. The number of ether oxygens (including phenoxy) is 1. The van der Waals surface area contributed by atoms with Crippen molar-refractivity contribution in [2.24, 2.45) is 10.9 Å². The highest BCUT2D eigenvalue weighted by Gasteiger charge is 2.24. The van der Waals surface area contributed by atoms with Gasteiger partial charge in [0.1, 0.15) is 6.54 Å². The maximum absolute atomic E-state index is 11.8. The van der Waals surface area contributed by atoms with Gasteiger partial charge in [-0.3, -0.25) is 9.69 Å². The van der Waals surface area contributed by atoms with Crippen molar-refractivity contribution in [1.82, 2.24) is 20.4 Å². The Labute approximate surface area is 153 Å². The SMILES string of the molecule is CCC(C)NC(=NCC(=O)N(C)C)NCC(C(C)C)N1CCOCC1. The maximum atomic E-state index is 11.8. The number of morpholine rings is 1. The highest BCUT2D eigenvalue weighted by Crippen LogP contribution is 2.12. The molecular formula is C18H37N5O2. The van der Waals surface area contributed by atoms with Gasteiger partial charge in [-0.1, -0.05) is 20.8 Å². The first-order chi connectivity index (χ1) is 11.8. The van der Waals surface area contributed by atoms with Gasteiger partial charge in [-0.05, 0) is 19.3 Å². The lowest BCUT2D eigenvalue weighted by atomic mass is 10.0. The highest BCUT2D eigenvalue weighted by molar-refractivity contribution is 5.84. The lowest BCUT2D eigenvalue weighted by Crippen LogP contribution is -2.53. The van der Waals surface area contributed by atoms with Crippen LogP contribution in [0.2, 0.25) is 0 Å². The predicted octanol–water partition coefficient (Wildman–Crippen LogP) is 0.765. The zero-order valence-corrected chi connectivity index (χ0v) is 16.8. The van der Waals surface area contributed by atoms with Crippen molar-refractivity contribution in [3.05, 3.63) is 0 Å². The molecule has 2 atom stereocenters.